The predicted octanol–water partition coefficient (Wildman–Crippen LogP) is 2.59. The molecule has 1 amide bonds. The van der Waals surface area contributed by atoms with Gasteiger partial charge in [-0.15, -0.1) is 0 Å². The Morgan fingerprint density at radius 2 is 1.71 bits per heavy atom. The molecule has 9 heteroatoms. The third-order valence-electron chi connectivity index (χ3n) is 4.85. The number of hydrogen-bond acceptors (Lipinski definition) is 6. The number of amidine groups is 1. The second-order valence-corrected chi connectivity index (χ2v) is 7.53. The molecule has 160 valence electrons. The first-order valence-corrected chi connectivity index (χ1v) is 10.1. The number of halogens is 1. The van der Waals surface area contributed by atoms with Crippen molar-refractivity contribution in [1.82, 2.24) is 4.90 Å². The molecule has 1 saturated heterocycles. The Hall–Kier alpha value is -3.70. The normalized spacial score (nSPS) is 17.5. The lowest BCUT2D eigenvalue weighted by molar-refractivity contribution is -0.114. The fraction of sp³-hybridized carbons (Fsp3) is 0.227. The van der Waals surface area contributed by atoms with Crippen molar-refractivity contribution >= 4 is 29.0 Å². The van der Waals surface area contributed by atoms with Crippen LogP contribution in [0.5, 0.6) is 11.5 Å². The van der Waals surface area contributed by atoms with Crippen LogP contribution in [0.2, 0.25) is 5.02 Å². The summed E-state index contributed by atoms with van der Waals surface area (Å²) in [4.78, 5) is 18.1. The molecule has 1 heterocycles. The van der Waals surface area contributed by atoms with Gasteiger partial charge in [-0.2, -0.15) is 5.26 Å². The molecule has 6 N–H and O–H groups in total. The number of nitrogens with zero attached hydrogens (tertiary/aromatic N) is 3. The van der Waals surface area contributed by atoms with E-state index < -0.39 is 5.91 Å². The third-order valence-corrected chi connectivity index (χ3v) is 5.10. The fourth-order valence-electron chi connectivity index (χ4n) is 3.29. The second kappa shape index (κ2) is 9.87. The number of piperidine rings is 1. The van der Waals surface area contributed by atoms with Crippen LogP contribution in [-0.2, 0) is 4.79 Å². The van der Waals surface area contributed by atoms with E-state index in [2.05, 4.69) is 11.2 Å². The first-order valence-electron chi connectivity index (χ1n) is 9.69. The number of carbonyl (C=O) groups excluding carboxylic acids is 1. The van der Waals surface area contributed by atoms with Crippen LogP contribution in [0.3, 0.4) is 0 Å². The predicted molar refractivity (Wildman–Crippen MR) is 120 cm³/mol. The number of amides is 1. The quantitative estimate of drug-likeness (QED) is 0.273. The summed E-state index contributed by atoms with van der Waals surface area (Å²) >= 11 is 5.88. The van der Waals surface area contributed by atoms with E-state index in [1.165, 1.54) is 0 Å². The summed E-state index contributed by atoms with van der Waals surface area (Å²) in [7, 11) is 0. The molecule has 0 spiro atoms. The largest absolute Gasteiger partial charge is 0.457 e. The topological polar surface area (TPSA) is 144 Å². The summed E-state index contributed by atoms with van der Waals surface area (Å²) in [6.07, 6.45) is 3.69. The molecule has 0 radical (unpaired) electrons. The molecular weight excluding hydrogens is 416 g/mol. The number of ether oxygens (including phenoxy) is 1. The van der Waals surface area contributed by atoms with Crippen molar-refractivity contribution in [2.75, 3.05) is 13.1 Å². The van der Waals surface area contributed by atoms with E-state index in [9.17, 15) is 4.79 Å². The maximum Gasteiger partial charge on any atom is 0.254 e. The summed E-state index contributed by atoms with van der Waals surface area (Å²) in [6, 6.07) is 13.6. The number of carbonyl (C=O) groups is 1. The van der Waals surface area contributed by atoms with Crippen LogP contribution in [0.1, 0.15) is 18.4 Å². The number of likely N-dealkylation sites (tertiary alicyclic amines) is 1. The van der Waals surface area contributed by atoms with Crippen molar-refractivity contribution in [2.45, 2.75) is 18.9 Å². The second-order valence-electron chi connectivity index (χ2n) is 7.09. The monoisotopic (exact) mass is 438 g/mol. The van der Waals surface area contributed by atoms with Gasteiger partial charge in [0.2, 0.25) is 0 Å². The van der Waals surface area contributed by atoms with Crippen molar-refractivity contribution in [3.63, 3.8) is 0 Å². The number of hydrogen-bond donors (Lipinski definition) is 3. The van der Waals surface area contributed by atoms with Crippen LogP contribution < -0.4 is 21.9 Å². The lowest BCUT2D eigenvalue weighted by Crippen LogP contribution is -2.37. The van der Waals surface area contributed by atoms with Gasteiger partial charge in [-0.1, -0.05) is 11.6 Å². The highest BCUT2D eigenvalue weighted by Crippen LogP contribution is 2.25. The Bertz CT molecular complexity index is 1040. The average molecular weight is 439 g/mol. The molecule has 0 aliphatic carbocycles. The van der Waals surface area contributed by atoms with Crippen molar-refractivity contribution in [1.29, 1.82) is 5.26 Å². The minimum Gasteiger partial charge on any atom is -0.457 e. The van der Waals surface area contributed by atoms with Gasteiger partial charge >= 0.3 is 0 Å². The maximum absolute atomic E-state index is 12.1. The zero-order chi connectivity index (χ0) is 22.4. The number of primary amides is 1. The zero-order valence-corrected chi connectivity index (χ0v) is 17.5. The molecular formula is C22H23ClN6O2. The van der Waals surface area contributed by atoms with E-state index in [1.807, 2.05) is 0 Å². The van der Waals surface area contributed by atoms with Gasteiger partial charge < -0.3 is 26.8 Å². The number of nitriles is 1. The number of rotatable bonds is 6. The van der Waals surface area contributed by atoms with E-state index in [1.54, 1.807) is 53.4 Å². The van der Waals surface area contributed by atoms with Crippen LogP contribution in [-0.4, -0.2) is 35.8 Å². The molecule has 1 aliphatic rings. The molecule has 1 fully saturated rings. The number of benzene rings is 2. The number of nitrogens with two attached hydrogens (primary N) is 3. The van der Waals surface area contributed by atoms with Gasteiger partial charge in [0.15, 0.2) is 6.19 Å². The molecule has 8 nitrogen and oxygen atoms in total. The van der Waals surface area contributed by atoms with Crippen molar-refractivity contribution in [3.8, 4) is 17.7 Å². The lowest BCUT2D eigenvalue weighted by atomic mass is 10.0. The van der Waals surface area contributed by atoms with E-state index in [0.29, 0.717) is 35.2 Å². The Morgan fingerprint density at radius 3 is 2.29 bits per heavy atom. The third kappa shape index (κ3) is 5.68. The van der Waals surface area contributed by atoms with Crippen molar-refractivity contribution in [2.24, 2.45) is 22.2 Å². The highest BCUT2D eigenvalue weighted by molar-refractivity contribution is 6.30. The summed E-state index contributed by atoms with van der Waals surface area (Å²) in [5, 5.41) is 9.70. The molecule has 0 saturated carbocycles. The molecule has 31 heavy (non-hydrogen) atoms. The minimum absolute atomic E-state index is 0.0312. The van der Waals surface area contributed by atoms with Crippen molar-refractivity contribution in [3.05, 3.63) is 64.7 Å². The fourth-order valence-corrected chi connectivity index (χ4v) is 3.42. The lowest BCUT2D eigenvalue weighted by Gasteiger charge is -2.26. The summed E-state index contributed by atoms with van der Waals surface area (Å²) in [5.41, 5.74) is 18.5. The van der Waals surface area contributed by atoms with Crippen LogP contribution in [0, 0.1) is 11.5 Å². The van der Waals surface area contributed by atoms with Gasteiger partial charge in [-0.3, -0.25) is 9.79 Å². The van der Waals surface area contributed by atoms with Crippen LogP contribution >= 0.6 is 11.6 Å². The zero-order valence-electron chi connectivity index (χ0n) is 16.8. The molecule has 0 bridgehead atoms. The molecule has 0 aromatic heterocycles. The van der Waals surface area contributed by atoms with Crippen LogP contribution in [0.15, 0.2) is 59.1 Å². The summed E-state index contributed by atoms with van der Waals surface area (Å²) in [6.45, 7) is 1.13. The Kier molecular flexibility index (Phi) is 7.00. The van der Waals surface area contributed by atoms with Gasteiger partial charge in [0, 0.05) is 11.6 Å². The van der Waals surface area contributed by atoms with E-state index >= 15 is 0 Å². The number of aliphatic imine (C=N–C) groups is 1. The van der Waals surface area contributed by atoms with Gasteiger partial charge in [0.1, 0.15) is 22.9 Å². The van der Waals surface area contributed by atoms with E-state index in [0.717, 1.165) is 12.8 Å². The molecule has 1 atom stereocenters. The van der Waals surface area contributed by atoms with Gasteiger partial charge in [-0.05, 0) is 66.9 Å². The highest BCUT2D eigenvalue weighted by atomic mass is 35.5. The SMILES string of the molecule is N#CN1CCCC(N=C(N)C(C(N)=O)=C(N)c2ccc(Oc3ccc(Cl)cc3)cc2)C1. The maximum atomic E-state index is 12.1. The summed E-state index contributed by atoms with van der Waals surface area (Å²) < 4.78 is 5.76. The highest BCUT2D eigenvalue weighted by Gasteiger charge is 2.22. The smallest absolute Gasteiger partial charge is 0.254 e. The standard InChI is InChI=1S/C22H23ClN6O2/c23-15-5-9-18(10-6-15)31-17-7-3-14(4-8-17)20(25)19(22(27)30)21(26)28-16-2-1-11-29(12-16)13-24/h3-10,16H,1-2,11-12,25H2,(H2,26,28)(H2,27,30). The van der Waals surface area contributed by atoms with E-state index in [-0.39, 0.29) is 23.1 Å². The molecule has 2 aromatic rings. The first-order chi connectivity index (χ1) is 14.9. The Balaban J connectivity index is 1.81. The van der Waals surface area contributed by atoms with Crippen LogP contribution in [0.25, 0.3) is 5.70 Å². The van der Waals surface area contributed by atoms with Gasteiger partial charge in [0.25, 0.3) is 5.91 Å². The van der Waals surface area contributed by atoms with Crippen LogP contribution in [0.4, 0.5) is 0 Å². The molecule has 3 rings (SSSR count). The Morgan fingerprint density at radius 1 is 1.10 bits per heavy atom. The van der Waals surface area contributed by atoms with Crippen molar-refractivity contribution < 1.29 is 9.53 Å². The van der Waals surface area contributed by atoms with Gasteiger partial charge in [0.05, 0.1) is 18.3 Å². The average Bonchev–Trinajstić information content (AvgIpc) is 2.75. The Labute approximate surface area is 185 Å². The molecule has 1 aliphatic heterocycles. The molecule has 2 aromatic carbocycles. The van der Waals surface area contributed by atoms with E-state index in [4.69, 9.17) is 38.8 Å². The first kappa shape index (κ1) is 22.0. The minimum atomic E-state index is -0.770. The van der Waals surface area contributed by atoms with Gasteiger partial charge in [-0.25, -0.2) is 0 Å². The summed E-state index contributed by atoms with van der Waals surface area (Å²) in [5.74, 6) is 0.415. The molecule has 1 unspecified atom stereocenters.